The van der Waals surface area contributed by atoms with Crippen LogP contribution in [0.3, 0.4) is 0 Å². The highest BCUT2D eigenvalue weighted by Crippen LogP contribution is 2.14. The minimum absolute atomic E-state index is 0. The predicted molar refractivity (Wildman–Crippen MR) is 132 cm³/mol. The molecule has 1 fully saturated rings. The number of hydrogen-bond acceptors (Lipinski definition) is 4. The van der Waals surface area contributed by atoms with Crippen molar-refractivity contribution in [2.24, 2.45) is 4.99 Å². The molecule has 0 saturated carbocycles. The number of aryl methyl sites for hydroxylation is 1. The fourth-order valence-electron chi connectivity index (χ4n) is 3.23. The van der Waals surface area contributed by atoms with E-state index in [4.69, 9.17) is 14.5 Å². The summed E-state index contributed by atoms with van der Waals surface area (Å²) < 4.78 is 10.6. The Hall–Kier alpha value is -1.71. The lowest BCUT2D eigenvalue weighted by molar-refractivity contribution is 0.0507. The van der Waals surface area contributed by atoms with Crippen LogP contribution < -0.4 is 15.4 Å². The van der Waals surface area contributed by atoms with Crippen LogP contribution in [0.5, 0.6) is 5.75 Å². The van der Waals surface area contributed by atoms with Crippen molar-refractivity contribution in [3.63, 3.8) is 0 Å². The number of aliphatic imine (C=N–C) groups is 1. The predicted octanol–water partition coefficient (Wildman–Crippen LogP) is 3.81. The monoisotopic (exact) mass is 532 g/mol. The molecule has 1 atom stereocenters. The zero-order valence-corrected chi connectivity index (χ0v) is 21.2. The lowest BCUT2D eigenvalue weighted by Gasteiger charge is -2.23. The fraction of sp³-hybridized carbons (Fsp3) is 0.636. The first-order valence-electron chi connectivity index (χ1n) is 10.5. The van der Waals surface area contributed by atoms with Gasteiger partial charge < -0.3 is 25.0 Å². The van der Waals surface area contributed by atoms with Crippen molar-refractivity contribution in [1.82, 2.24) is 15.5 Å². The van der Waals surface area contributed by atoms with Gasteiger partial charge in [0.05, 0.1) is 13.2 Å². The third-order valence-electron chi connectivity index (χ3n) is 4.59. The number of amides is 1. The van der Waals surface area contributed by atoms with E-state index in [1.807, 2.05) is 32.9 Å². The summed E-state index contributed by atoms with van der Waals surface area (Å²) in [5.41, 5.74) is 0.802. The van der Waals surface area contributed by atoms with Gasteiger partial charge >= 0.3 is 6.09 Å². The zero-order chi connectivity index (χ0) is 21.3. The van der Waals surface area contributed by atoms with Gasteiger partial charge in [0.1, 0.15) is 11.4 Å². The average Bonchev–Trinajstić information content (AvgIpc) is 3.11. The molecule has 30 heavy (non-hydrogen) atoms. The summed E-state index contributed by atoms with van der Waals surface area (Å²) >= 11 is 0. The van der Waals surface area contributed by atoms with E-state index < -0.39 is 5.60 Å². The normalized spacial score (nSPS) is 16.6. The number of hydrogen-bond donors (Lipinski definition) is 2. The van der Waals surface area contributed by atoms with Crippen LogP contribution in [0.1, 0.15) is 46.1 Å². The second kappa shape index (κ2) is 12.9. The second-order valence-corrected chi connectivity index (χ2v) is 8.27. The second-order valence-electron chi connectivity index (χ2n) is 8.27. The van der Waals surface area contributed by atoms with Crippen LogP contribution >= 0.6 is 24.0 Å². The molecular formula is C22H37IN4O3. The Kier molecular flexibility index (Phi) is 11.3. The summed E-state index contributed by atoms with van der Waals surface area (Å²) in [5.74, 6) is 1.79. The fourth-order valence-corrected chi connectivity index (χ4v) is 3.23. The number of ether oxygens (including phenoxy) is 2. The number of nitrogens with one attached hydrogen (secondary N) is 2. The van der Waals surface area contributed by atoms with Crippen molar-refractivity contribution in [1.29, 1.82) is 0 Å². The maximum Gasteiger partial charge on any atom is 0.407 e. The highest BCUT2D eigenvalue weighted by molar-refractivity contribution is 14.0. The molecule has 1 aromatic rings. The van der Waals surface area contributed by atoms with E-state index in [1.54, 1.807) is 7.11 Å². The lowest BCUT2D eigenvalue weighted by Crippen LogP contribution is -2.44. The summed E-state index contributed by atoms with van der Waals surface area (Å²) in [5, 5.41) is 6.33. The van der Waals surface area contributed by atoms with Gasteiger partial charge in [-0.2, -0.15) is 0 Å². The van der Waals surface area contributed by atoms with E-state index >= 15 is 0 Å². The SMILES string of the molecule is CCNC(=NCCCc1ccc(OC)cc1)N1CCC(NC(=O)OC(C)(C)C)C1.I. The zero-order valence-electron chi connectivity index (χ0n) is 18.9. The molecule has 1 aliphatic rings. The molecule has 1 aliphatic heterocycles. The number of carbonyl (C=O) groups excluding carboxylic acids is 1. The molecule has 1 heterocycles. The molecule has 1 saturated heterocycles. The van der Waals surface area contributed by atoms with E-state index in [1.165, 1.54) is 5.56 Å². The van der Waals surface area contributed by atoms with Crippen LogP contribution in [0.4, 0.5) is 4.79 Å². The maximum absolute atomic E-state index is 12.0. The van der Waals surface area contributed by atoms with Gasteiger partial charge in [-0.3, -0.25) is 4.99 Å². The molecular weight excluding hydrogens is 495 g/mol. The Morgan fingerprint density at radius 1 is 1.27 bits per heavy atom. The number of benzene rings is 1. The van der Waals surface area contributed by atoms with Gasteiger partial charge in [-0.05, 0) is 64.7 Å². The summed E-state index contributed by atoms with van der Waals surface area (Å²) in [7, 11) is 1.68. The molecule has 2 N–H and O–H groups in total. The van der Waals surface area contributed by atoms with Gasteiger partial charge in [0.25, 0.3) is 0 Å². The Morgan fingerprint density at radius 2 is 1.97 bits per heavy atom. The van der Waals surface area contributed by atoms with Gasteiger partial charge in [-0.25, -0.2) is 4.79 Å². The molecule has 0 radical (unpaired) electrons. The molecule has 2 rings (SSSR count). The number of carbonyl (C=O) groups is 1. The summed E-state index contributed by atoms with van der Waals surface area (Å²) in [6.07, 6.45) is 2.49. The summed E-state index contributed by atoms with van der Waals surface area (Å²) in [4.78, 5) is 19.0. The molecule has 0 spiro atoms. The van der Waals surface area contributed by atoms with Crippen LogP contribution in [-0.4, -0.2) is 61.9 Å². The Labute approximate surface area is 198 Å². The lowest BCUT2D eigenvalue weighted by atomic mass is 10.1. The minimum Gasteiger partial charge on any atom is -0.497 e. The van der Waals surface area contributed by atoms with Crippen LogP contribution in [0.2, 0.25) is 0 Å². The van der Waals surface area contributed by atoms with Crippen molar-refractivity contribution in [2.75, 3.05) is 33.3 Å². The van der Waals surface area contributed by atoms with Crippen LogP contribution in [0.25, 0.3) is 0 Å². The van der Waals surface area contributed by atoms with E-state index in [-0.39, 0.29) is 36.1 Å². The maximum atomic E-state index is 12.0. The van der Waals surface area contributed by atoms with Crippen molar-refractivity contribution < 1.29 is 14.3 Å². The average molecular weight is 532 g/mol. The molecule has 8 heteroatoms. The topological polar surface area (TPSA) is 75.2 Å². The van der Waals surface area contributed by atoms with Crippen molar-refractivity contribution in [3.05, 3.63) is 29.8 Å². The molecule has 7 nitrogen and oxygen atoms in total. The van der Waals surface area contributed by atoms with E-state index in [9.17, 15) is 4.79 Å². The third kappa shape index (κ3) is 9.40. The standard InChI is InChI=1S/C22H36N4O3.HI/c1-6-23-20(24-14-7-8-17-9-11-19(28-5)12-10-17)26-15-13-18(16-26)25-21(27)29-22(2,3)4;/h9-12,18H,6-8,13-16H2,1-5H3,(H,23,24)(H,25,27);1H. The number of likely N-dealkylation sites (tertiary alicyclic amines) is 1. The first-order chi connectivity index (χ1) is 13.8. The molecule has 1 aromatic carbocycles. The third-order valence-corrected chi connectivity index (χ3v) is 4.59. The molecule has 170 valence electrons. The highest BCUT2D eigenvalue weighted by Gasteiger charge is 2.27. The van der Waals surface area contributed by atoms with Crippen molar-refractivity contribution in [3.8, 4) is 5.75 Å². The Bertz CT molecular complexity index is 674. The number of alkyl carbamates (subject to hydrolysis) is 1. The van der Waals surface area contributed by atoms with Gasteiger partial charge in [0, 0.05) is 26.2 Å². The number of rotatable bonds is 7. The Morgan fingerprint density at radius 3 is 2.57 bits per heavy atom. The van der Waals surface area contributed by atoms with E-state index in [2.05, 4.69) is 34.6 Å². The van der Waals surface area contributed by atoms with Crippen LogP contribution in [0.15, 0.2) is 29.3 Å². The van der Waals surface area contributed by atoms with E-state index in [0.29, 0.717) is 0 Å². The minimum atomic E-state index is -0.483. The largest absolute Gasteiger partial charge is 0.497 e. The molecule has 0 bridgehead atoms. The van der Waals surface area contributed by atoms with Gasteiger partial charge in [-0.15, -0.1) is 24.0 Å². The smallest absolute Gasteiger partial charge is 0.407 e. The Balaban J connectivity index is 0.00000450. The first-order valence-corrected chi connectivity index (χ1v) is 10.5. The van der Waals surface area contributed by atoms with E-state index in [0.717, 1.165) is 57.2 Å². The van der Waals surface area contributed by atoms with Crippen LogP contribution in [0, 0.1) is 0 Å². The van der Waals surface area contributed by atoms with Crippen molar-refractivity contribution >= 4 is 36.0 Å². The van der Waals surface area contributed by atoms with Gasteiger partial charge in [0.15, 0.2) is 5.96 Å². The van der Waals surface area contributed by atoms with Gasteiger partial charge in [0.2, 0.25) is 0 Å². The molecule has 1 amide bonds. The number of guanidine groups is 1. The quantitative estimate of drug-likeness (QED) is 0.242. The summed E-state index contributed by atoms with van der Waals surface area (Å²) in [6.45, 7) is 10.9. The van der Waals surface area contributed by atoms with Crippen molar-refractivity contribution in [2.45, 2.75) is 58.6 Å². The number of methoxy groups -OCH3 is 1. The molecule has 1 unspecified atom stereocenters. The van der Waals surface area contributed by atoms with Gasteiger partial charge in [-0.1, -0.05) is 12.1 Å². The number of nitrogens with zero attached hydrogens (tertiary/aromatic N) is 2. The highest BCUT2D eigenvalue weighted by atomic mass is 127. The summed E-state index contributed by atoms with van der Waals surface area (Å²) in [6, 6.07) is 8.26. The molecule has 0 aromatic heterocycles. The first kappa shape index (κ1) is 26.3. The molecule has 0 aliphatic carbocycles. The number of halogens is 1. The van der Waals surface area contributed by atoms with Crippen LogP contribution in [-0.2, 0) is 11.2 Å².